The van der Waals surface area contributed by atoms with E-state index in [1.165, 1.54) is 29.4 Å². The normalized spacial score (nSPS) is 17.7. The summed E-state index contributed by atoms with van der Waals surface area (Å²) in [5.41, 5.74) is -0.664. The smallest absolute Gasteiger partial charge is 0.415 e. The van der Waals surface area contributed by atoms with Gasteiger partial charge in [-0.05, 0) is 84.4 Å². The molecule has 14 heteroatoms. The third kappa shape index (κ3) is 7.06. The minimum Gasteiger partial charge on any atom is -0.474 e. The van der Waals surface area contributed by atoms with Crippen LogP contribution in [0.15, 0.2) is 24.5 Å². The average Bonchev–Trinajstić information content (AvgIpc) is 2.94. The molecular weight excluding hydrogens is 601 g/mol. The van der Waals surface area contributed by atoms with Gasteiger partial charge in [-0.2, -0.15) is 0 Å². The summed E-state index contributed by atoms with van der Waals surface area (Å²) in [7, 11) is 0. The summed E-state index contributed by atoms with van der Waals surface area (Å²) in [5, 5.41) is 15.4. The number of carbonyl (C=O) groups excluding carboxylic acids is 3. The minimum atomic E-state index is -0.889. The number of aromatic nitrogens is 2. The van der Waals surface area contributed by atoms with E-state index >= 15 is 4.39 Å². The highest BCUT2D eigenvalue weighted by Gasteiger charge is 2.34. The van der Waals surface area contributed by atoms with Crippen molar-refractivity contribution in [2.75, 3.05) is 28.7 Å². The molecule has 0 radical (unpaired) electrons. The van der Waals surface area contributed by atoms with Crippen molar-refractivity contribution in [2.45, 2.75) is 84.7 Å². The van der Waals surface area contributed by atoms with Gasteiger partial charge in [-0.1, -0.05) is 0 Å². The average molecular weight is 640 g/mol. The Kier molecular flexibility index (Phi) is 8.69. The van der Waals surface area contributed by atoms with E-state index in [0.717, 1.165) is 0 Å². The molecule has 2 aliphatic rings. The van der Waals surface area contributed by atoms with Crippen molar-refractivity contribution in [2.24, 2.45) is 0 Å². The fourth-order valence-corrected chi connectivity index (χ4v) is 5.03. The van der Waals surface area contributed by atoms with Crippen LogP contribution >= 0.6 is 0 Å². The van der Waals surface area contributed by atoms with Crippen molar-refractivity contribution < 1.29 is 42.8 Å². The SMILES string of the molecule is Cc1c(-c2cc3cc(NC(=O)O[C@H]4CC[C@@H]4O)ncc3c(NC(=O)OC(C)(C)C)c2F)cnc2c1N(C(=O)OC(C)(C)C)CCO2. The molecular formula is C32H38FN5O8. The number of carbonyl (C=O) groups is 3. The molecule has 246 valence electrons. The molecule has 1 fully saturated rings. The fraction of sp³-hybridized carbons (Fsp3) is 0.469. The Morgan fingerprint density at radius 3 is 2.33 bits per heavy atom. The Morgan fingerprint density at radius 1 is 0.978 bits per heavy atom. The maximum absolute atomic E-state index is 16.5. The van der Waals surface area contributed by atoms with Crippen molar-refractivity contribution >= 4 is 46.2 Å². The van der Waals surface area contributed by atoms with Gasteiger partial charge in [0, 0.05) is 28.9 Å². The molecule has 3 amide bonds. The van der Waals surface area contributed by atoms with Crippen molar-refractivity contribution in [1.82, 2.24) is 9.97 Å². The molecule has 0 saturated heterocycles. The number of ether oxygens (including phenoxy) is 4. The molecule has 3 N–H and O–H groups in total. The van der Waals surface area contributed by atoms with Gasteiger partial charge in [0.25, 0.3) is 0 Å². The number of amides is 3. The monoisotopic (exact) mass is 639 g/mol. The molecule has 1 aliphatic carbocycles. The Morgan fingerprint density at radius 2 is 1.70 bits per heavy atom. The quantitative estimate of drug-likeness (QED) is 0.276. The van der Waals surface area contributed by atoms with E-state index in [1.54, 1.807) is 48.5 Å². The van der Waals surface area contributed by atoms with Gasteiger partial charge < -0.3 is 24.1 Å². The highest BCUT2D eigenvalue weighted by atomic mass is 19.1. The number of nitrogens with zero attached hydrogens (tertiary/aromatic N) is 3. The summed E-state index contributed by atoms with van der Waals surface area (Å²) in [4.78, 5) is 48.5. The number of halogens is 1. The molecule has 1 saturated carbocycles. The molecule has 46 heavy (non-hydrogen) atoms. The summed E-state index contributed by atoms with van der Waals surface area (Å²) >= 11 is 0. The van der Waals surface area contributed by atoms with Gasteiger partial charge in [0.05, 0.1) is 18.3 Å². The minimum absolute atomic E-state index is 0.0402. The van der Waals surface area contributed by atoms with Crippen molar-refractivity contribution in [3.05, 3.63) is 35.9 Å². The lowest BCUT2D eigenvalue weighted by Crippen LogP contribution is -2.42. The Bertz CT molecular complexity index is 1700. The van der Waals surface area contributed by atoms with Crippen molar-refractivity contribution in [3.63, 3.8) is 0 Å². The van der Waals surface area contributed by atoms with E-state index in [-0.39, 0.29) is 41.5 Å². The highest BCUT2D eigenvalue weighted by Crippen LogP contribution is 2.42. The fourth-order valence-electron chi connectivity index (χ4n) is 5.03. The molecule has 5 rings (SSSR count). The Hall–Kier alpha value is -4.72. The third-order valence-corrected chi connectivity index (χ3v) is 7.25. The lowest BCUT2D eigenvalue weighted by Gasteiger charge is -2.32. The topological polar surface area (TPSA) is 161 Å². The van der Waals surface area contributed by atoms with Crippen LogP contribution in [0.25, 0.3) is 21.9 Å². The first-order valence-corrected chi connectivity index (χ1v) is 14.9. The molecule has 3 heterocycles. The summed E-state index contributed by atoms with van der Waals surface area (Å²) in [6.45, 7) is 12.4. The maximum Gasteiger partial charge on any atom is 0.415 e. The van der Waals surface area contributed by atoms with Gasteiger partial charge in [0.15, 0.2) is 5.82 Å². The molecule has 1 aliphatic heterocycles. The van der Waals surface area contributed by atoms with E-state index in [0.29, 0.717) is 35.0 Å². The number of hydrogen-bond donors (Lipinski definition) is 3. The molecule has 0 unspecified atom stereocenters. The molecule has 2 atom stereocenters. The van der Waals surface area contributed by atoms with Crippen LogP contribution in [0, 0.1) is 12.7 Å². The Labute approximate surface area is 265 Å². The summed E-state index contributed by atoms with van der Waals surface area (Å²) in [6.07, 6.45) is 0.213. The van der Waals surface area contributed by atoms with Gasteiger partial charge in [0.1, 0.15) is 35.4 Å². The first-order chi connectivity index (χ1) is 21.5. The van der Waals surface area contributed by atoms with Crippen LogP contribution in [0.1, 0.15) is 59.9 Å². The van der Waals surface area contributed by atoms with Gasteiger partial charge in [-0.15, -0.1) is 0 Å². The van der Waals surface area contributed by atoms with Crippen molar-refractivity contribution in [1.29, 1.82) is 0 Å². The number of aliphatic hydroxyl groups is 1. The second-order valence-corrected chi connectivity index (χ2v) is 13.2. The second-order valence-electron chi connectivity index (χ2n) is 13.2. The van der Waals surface area contributed by atoms with E-state index in [2.05, 4.69) is 20.6 Å². The first kappa shape index (κ1) is 32.7. The molecule has 13 nitrogen and oxygen atoms in total. The molecule has 1 aromatic carbocycles. The number of anilines is 3. The molecule has 2 aromatic heterocycles. The number of benzene rings is 1. The third-order valence-electron chi connectivity index (χ3n) is 7.25. The van der Waals surface area contributed by atoms with Crippen LogP contribution in [0.2, 0.25) is 0 Å². The highest BCUT2D eigenvalue weighted by molar-refractivity contribution is 6.05. The molecule has 0 bridgehead atoms. The van der Waals surface area contributed by atoms with Crippen LogP contribution in [0.4, 0.5) is 36.0 Å². The lowest BCUT2D eigenvalue weighted by molar-refractivity contribution is -0.0561. The summed E-state index contributed by atoms with van der Waals surface area (Å²) in [6, 6.07) is 3.02. The Balaban J connectivity index is 1.60. The van der Waals surface area contributed by atoms with Crippen LogP contribution < -0.4 is 20.3 Å². The predicted octanol–water partition coefficient (Wildman–Crippen LogP) is 6.30. The van der Waals surface area contributed by atoms with Crippen molar-refractivity contribution in [3.8, 4) is 17.0 Å². The molecule has 0 spiro atoms. The van der Waals surface area contributed by atoms with Gasteiger partial charge in [0.2, 0.25) is 5.88 Å². The first-order valence-electron chi connectivity index (χ1n) is 14.9. The van der Waals surface area contributed by atoms with Gasteiger partial charge in [-0.3, -0.25) is 15.5 Å². The van der Waals surface area contributed by atoms with E-state index in [4.69, 9.17) is 18.9 Å². The molecule has 3 aromatic rings. The summed E-state index contributed by atoms with van der Waals surface area (Å²) in [5.74, 6) is -0.515. The largest absolute Gasteiger partial charge is 0.474 e. The second kappa shape index (κ2) is 12.2. The number of fused-ring (bicyclic) bond motifs is 2. The summed E-state index contributed by atoms with van der Waals surface area (Å²) < 4.78 is 38.5. The standard InChI is InChI=1S/C32H38FN5O8/c1-16-19(14-35-27-26(16)38(10-11-43-27)30(42)46-32(5,6)7)18-12-17-13-23(36-28(40)44-22-9-8-21(22)39)34-15-20(17)25(24(18)33)37-29(41)45-31(2,3)4/h12-15,21-22,39H,8-11H2,1-7H3,(H,37,41)(H,34,36,40)/t21-,22-/m0/s1. The van der Waals surface area contributed by atoms with Gasteiger partial charge >= 0.3 is 18.3 Å². The number of aliphatic hydroxyl groups excluding tert-OH is 1. The zero-order chi connectivity index (χ0) is 33.6. The van der Waals surface area contributed by atoms with Crippen LogP contribution in [-0.4, -0.2) is 69.9 Å². The zero-order valence-corrected chi connectivity index (χ0v) is 26.8. The zero-order valence-electron chi connectivity index (χ0n) is 26.8. The maximum atomic E-state index is 16.5. The van der Waals surface area contributed by atoms with E-state index in [1.807, 2.05) is 0 Å². The van der Waals surface area contributed by atoms with E-state index < -0.39 is 47.5 Å². The van der Waals surface area contributed by atoms with Crippen LogP contribution in [0.5, 0.6) is 5.88 Å². The lowest BCUT2D eigenvalue weighted by atomic mass is 9.92. The number of rotatable bonds is 4. The predicted molar refractivity (Wildman–Crippen MR) is 168 cm³/mol. The number of nitrogens with one attached hydrogen (secondary N) is 2. The van der Waals surface area contributed by atoms with Crippen LogP contribution in [-0.2, 0) is 14.2 Å². The number of hydrogen-bond acceptors (Lipinski definition) is 10. The van der Waals surface area contributed by atoms with Gasteiger partial charge in [-0.25, -0.2) is 28.7 Å². The van der Waals surface area contributed by atoms with E-state index in [9.17, 15) is 19.5 Å². The van der Waals surface area contributed by atoms with Crippen LogP contribution in [0.3, 0.4) is 0 Å². The number of pyridine rings is 2.